The van der Waals surface area contributed by atoms with Crippen LogP contribution in [0.15, 0.2) is 121 Å². The zero-order chi connectivity index (χ0) is 22.0. The zero-order valence-corrected chi connectivity index (χ0v) is 21.0. The normalized spacial score (nSPS) is 11.4. The van der Waals surface area contributed by atoms with E-state index in [1.54, 1.807) is 0 Å². The second-order valence-electron chi connectivity index (χ2n) is 7.54. The number of nitrogens with zero attached hydrogens (tertiary/aromatic N) is 1. The van der Waals surface area contributed by atoms with Gasteiger partial charge in [0.1, 0.15) is 0 Å². The van der Waals surface area contributed by atoms with Crippen LogP contribution in [0.2, 0.25) is 0 Å². The molecule has 4 aromatic rings. The third kappa shape index (κ3) is 6.62. The van der Waals surface area contributed by atoms with Gasteiger partial charge in [0.05, 0.1) is 0 Å². The van der Waals surface area contributed by atoms with Crippen molar-refractivity contribution in [1.82, 2.24) is 3.92 Å². The van der Waals surface area contributed by atoms with Gasteiger partial charge in [-0.05, 0) is 0 Å². The van der Waals surface area contributed by atoms with Crippen molar-refractivity contribution < 1.29 is 16.2 Å². The summed E-state index contributed by atoms with van der Waals surface area (Å²) in [6, 6.07) is 43.8. The van der Waals surface area contributed by atoms with Crippen LogP contribution in [0.1, 0.15) is 0 Å². The van der Waals surface area contributed by atoms with Crippen molar-refractivity contribution in [3.63, 3.8) is 0 Å². The molecule has 4 heteroatoms. The number of hydrogen-bond acceptors (Lipinski definition) is 1. The van der Waals surface area contributed by atoms with Crippen molar-refractivity contribution in [1.29, 1.82) is 0 Å². The van der Waals surface area contributed by atoms with Gasteiger partial charge in [-0.25, -0.2) is 0 Å². The van der Waals surface area contributed by atoms with E-state index in [1.807, 2.05) is 0 Å². The summed E-state index contributed by atoms with van der Waals surface area (Å²) in [4.78, 5) is 0. The molecule has 0 aliphatic heterocycles. The van der Waals surface area contributed by atoms with Crippen molar-refractivity contribution in [2.24, 2.45) is 0 Å². The first kappa shape index (κ1) is 23.4. The molecule has 0 radical (unpaired) electrons. The van der Waals surface area contributed by atoms with Crippen LogP contribution in [-0.4, -0.2) is 29.3 Å². The van der Waals surface area contributed by atoms with Crippen LogP contribution in [0.25, 0.3) is 0 Å². The summed E-state index contributed by atoms with van der Waals surface area (Å²) < 4.78 is 2.28. The summed E-state index contributed by atoms with van der Waals surface area (Å²) in [6.07, 6.45) is 2.25. The van der Waals surface area contributed by atoms with Crippen molar-refractivity contribution in [3.8, 4) is 0 Å². The van der Waals surface area contributed by atoms with Crippen LogP contribution >= 0.6 is 15.8 Å². The van der Waals surface area contributed by atoms with Gasteiger partial charge in [0, 0.05) is 0 Å². The van der Waals surface area contributed by atoms with E-state index < -0.39 is 0 Å². The molecule has 0 atom stereocenters. The van der Waals surface area contributed by atoms with Crippen molar-refractivity contribution in [3.05, 3.63) is 121 Å². The fourth-order valence-corrected chi connectivity index (χ4v) is 9.01. The molecule has 0 saturated heterocycles. The second kappa shape index (κ2) is 12.5. The van der Waals surface area contributed by atoms with Crippen molar-refractivity contribution in [2.45, 2.75) is 0 Å². The van der Waals surface area contributed by atoms with E-state index in [0.29, 0.717) is 0 Å². The molecule has 0 unspecified atom stereocenters. The summed E-state index contributed by atoms with van der Waals surface area (Å²) in [7, 11) is -0.747. The molecule has 0 aliphatic carbocycles. The molecule has 163 valence electrons. The average molecular weight is 496 g/mol. The Morgan fingerprint density at radius 1 is 0.438 bits per heavy atom. The Labute approximate surface area is 203 Å². The Morgan fingerprint density at radius 2 is 0.688 bits per heavy atom. The first-order valence-corrected chi connectivity index (χ1v) is 14.5. The fourth-order valence-electron chi connectivity index (χ4n) is 3.77. The van der Waals surface area contributed by atoms with E-state index >= 15 is 0 Å². The standard InChI is InChI=1S/C28H28NP2.Fe/c1-5-13-25(14-6-1)30(26-15-7-2-8-16-26)23-21-29-22-24-31(27-17-9-3-10-18-27)28-19-11-4-12-20-28;/h1-20H,21-24H2;/q-1;+1. The monoisotopic (exact) mass is 496 g/mol. The van der Waals surface area contributed by atoms with Gasteiger partial charge in [-0.1, -0.05) is 0 Å². The maximum absolute atomic E-state index is 4.41. The molecule has 0 spiro atoms. The van der Waals surface area contributed by atoms with Crippen molar-refractivity contribution in [2.75, 3.05) is 25.4 Å². The van der Waals surface area contributed by atoms with Crippen LogP contribution < -0.4 is 21.2 Å². The van der Waals surface area contributed by atoms with Gasteiger partial charge < -0.3 is 0 Å². The first-order chi connectivity index (χ1) is 15.8. The van der Waals surface area contributed by atoms with Crippen LogP contribution in [0.4, 0.5) is 0 Å². The Bertz CT molecular complexity index is 880. The van der Waals surface area contributed by atoms with E-state index in [4.69, 9.17) is 0 Å². The second-order valence-corrected chi connectivity index (χ2v) is 12.9. The maximum atomic E-state index is 4.41. The van der Waals surface area contributed by atoms with Crippen molar-refractivity contribution >= 4 is 37.1 Å². The molecule has 0 heterocycles. The Kier molecular flexibility index (Phi) is 9.10. The third-order valence-corrected chi connectivity index (χ3v) is 10.9. The molecule has 4 rings (SSSR count). The van der Waals surface area contributed by atoms with Crippen LogP contribution in [0, 0.1) is 0 Å². The van der Waals surface area contributed by atoms with E-state index in [2.05, 4.69) is 141 Å². The molecule has 0 bridgehead atoms. The van der Waals surface area contributed by atoms with E-state index in [-0.39, 0.29) is 15.8 Å². The summed E-state index contributed by atoms with van der Waals surface area (Å²) in [5.74, 6) is 0. The zero-order valence-electron chi connectivity index (χ0n) is 18.1. The van der Waals surface area contributed by atoms with Gasteiger partial charge >= 0.3 is 204 Å². The molecule has 0 aromatic heterocycles. The van der Waals surface area contributed by atoms with Gasteiger partial charge in [0.2, 0.25) is 0 Å². The van der Waals surface area contributed by atoms with Gasteiger partial charge in [-0.3, -0.25) is 0 Å². The summed E-state index contributed by atoms with van der Waals surface area (Å²) in [5.41, 5.74) is 0. The van der Waals surface area contributed by atoms with Crippen LogP contribution in [0.3, 0.4) is 0 Å². The Morgan fingerprint density at radius 3 is 0.938 bits per heavy atom. The summed E-state index contributed by atoms with van der Waals surface area (Å²) in [5, 5.41) is 5.77. The minimum absolute atomic E-state index is 0.373. The molecular formula is C28H28FeNP2. The third-order valence-electron chi connectivity index (χ3n) is 5.39. The summed E-state index contributed by atoms with van der Waals surface area (Å²) in [6.45, 7) is 2.00. The minimum atomic E-state index is -0.373. The van der Waals surface area contributed by atoms with Gasteiger partial charge in [0.15, 0.2) is 0 Å². The van der Waals surface area contributed by atoms with Crippen LogP contribution in [-0.2, 0) is 16.2 Å². The van der Waals surface area contributed by atoms with Gasteiger partial charge in [-0.15, -0.1) is 0 Å². The molecular weight excluding hydrogens is 468 g/mol. The van der Waals surface area contributed by atoms with E-state index in [0.717, 1.165) is 25.4 Å². The molecule has 0 amide bonds. The van der Waals surface area contributed by atoms with Gasteiger partial charge in [0.25, 0.3) is 0 Å². The van der Waals surface area contributed by atoms with Crippen LogP contribution in [0.5, 0.6) is 0 Å². The van der Waals surface area contributed by atoms with E-state index in [9.17, 15) is 0 Å². The Balaban J connectivity index is 1.42. The summed E-state index contributed by atoms with van der Waals surface area (Å²) >= 11 is 4.41. The molecule has 32 heavy (non-hydrogen) atoms. The number of benzene rings is 4. The van der Waals surface area contributed by atoms with E-state index in [1.165, 1.54) is 21.2 Å². The Hall–Kier alpha value is -1.78. The predicted octanol–water partition coefficient (Wildman–Crippen LogP) is 5.02. The molecule has 4 aromatic carbocycles. The molecule has 0 aliphatic rings. The topological polar surface area (TPSA) is 3.24 Å². The fraction of sp³-hybridized carbons (Fsp3) is 0.143. The molecule has 0 saturated carbocycles. The molecule has 1 nitrogen and oxygen atoms in total. The quantitative estimate of drug-likeness (QED) is 0.220. The SMILES string of the molecule is [Fe][N](CCP(c1ccccc1)c1ccccc1)CCP(c1ccccc1)c1ccccc1. The predicted molar refractivity (Wildman–Crippen MR) is 139 cm³/mol. The number of rotatable bonds is 10. The first-order valence-electron chi connectivity index (χ1n) is 11.0. The molecule has 0 fully saturated rings. The van der Waals surface area contributed by atoms with Gasteiger partial charge in [-0.2, -0.15) is 0 Å². The number of hydrogen-bond donors (Lipinski definition) is 0. The molecule has 0 N–H and O–H groups in total. The average Bonchev–Trinajstić information content (AvgIpc) is 2.87.